The van der Waals surface area contributed by atoms with E-state index in [1.807, 2.05) is 29.7 Å². The largest absolute Gasteiger partial charge is 0.497 e. The van der Waals surface area contributed by atoms with Gasteiger partial charge < -0.3 is 4.74 Å². The van der Waals surface area contributed by atoms with Gasteiger partial charge in [0.15, 0.2) is 5.82 Å². The predicted octanol–water partition coefficient (Wildman–Crippen LogP) is 6.02. The van der Waals surface area contributed by atoms with Crippen molar-refractivity contribution < 1.29 is 4.74 Å². The molecule has 0 N–H and O–H groups in total. The average Bonchev–Trinajstić information content (AvgIpc) is 2.92. The number of imidazole rings is 1. The van der Waals surface area contributed by atoms with Crippen molar-refractivity contribution in [1.82, 2.24) is 9.38 Å². The van der Waals surface area contributed by atoms with Crippen LogP contribution in [0.2, 0.25) is 5.02 Å². The Bertz CT molecular complexity index is 954. The third kappa shape index (κ3) is 3.51. The number of nitrogens with zero attached hydrogens (tertiary/aromatic N) is 4. The van der Waals surface area contributed by atoms with Gasteiger partial charge in [-0.15, -0.1) is 10.2 Å². The minimum Gasteiger partial charge on any atom is -0.497 e. The van der Waals surface area contributed by atoms with Gasteiger partial charge in [-0.1, -0.05) is 38.4 Å². The van der Waals surface area contributed by atoms with E-state index in [9.17, 15) is 0 Å². The van der Waals surface area contributed by atoms with Crippen molar-refractivity contribution in [2.24, 2.45) is 10.2 Å². The van der Waals surface area contributed by atoms with Gasteiger partial charge in [0.2, 0.25) is 0 Å². The summed E-state index contributed by atoms with van der Waals surface area (Å²) in [5.74, 6) is 1.40. The molecule has 25 heavy (non-hydrogen) atoms. The molecule has 0 bridgehead atoms. The number of halogens is 1. The van der Waals surface area contributed by atoms with Crippen LogP contribution in [-0.2, 0) is 5.41 Å². The van der Waals surface area contributed by atoms with Crippen molar-refractivity contribution in [2.75, 3.05) is 7.11 Å². The van der Waals surface area contributed by atoms with Crippen LogP contribution in [0, 0.1) is 6.92 Å². The topological polar surface area (TPSA) is 51.2 Å². The lowest BCUT2D eigenvalue weighted by Crippen LogP contribution is -2.11. The van der Waals surface area contributed by atoms with E-state index in [1.165, 1.54) is 0 Å². The summed E-state index contributed by atoms with van der Waals surface area (Å²) in [7, 11) is 1.61. The van der Waals surface area contributed by atoms with E-state index in [-0.39, 0.29) is 5.41 Å². The molecule has 2 heterocycles. The molecule has 3 aromatic rings. The lowest BCUT2D eigenvalue weighted by Gasteiger charge is -2.15. The second-order valence-corrected chi connectivity index (χ2v) is 7.39. The summed E-state index contributed by atoms with van der Waals surface area (Å²) in [6, 6.07) is 9.32. The van der Waals surface area contributed by atoms with Gasteiger partial charge in [-0.05, 0) is 30.7 Å². The normalized spacial score (nSPS) is 12.2. The first-order chi connectivity index (χ1) is 11.8. The molecule has 0 aliphatic heterocycles. The maximum absolute atomic E-state index is 6.23. The van der Waals surface area contributed by atoms with Gasteiger partial charge in [-0.2, -0.15) is 0 Å². The van der Waals surface area contributed by atoms with Gasteiger partial charge in [-0.25, -0.2) is 4.98 Å². The first kappa shape index (κ1) is 17.4. The smallest absolute Gasteiger partial charge is 0.183 e. The minimum absolute atomic E-state index is 0.160. The summed E-state index contributed by atoms with van der Waals surface area (Å²) >= 11 is 6.23. The van der Waals surface area contributed by atoms with E-state index < -0.39 is 0 Å². The Kier molecular flexibility index (Phi) is 4.52. The Morgan fingerprint density at radius 2 is 1.88 bits per heavy atom. The number of methoxy groups -OCH3 is 1. The third-order valence-corrected chi connectivity index (χ3v) is 4.18. The summed E-state index contributed by atoms with van der Waals surface area (Å²) < 4.78 is 7.20. The molecule has 0 fully saturated rings. The van der Waals surface area contributed by atoms with Gasteiger partial charge >= 0.3 is 0 Å². The van der Waals surface area contributed by atoms with E-state index in [2.05, 4.69) is 31.0 Å². The summed E-state index contributed by atoms with van der Waals surface area (Å²) in [4.78, 5) is 4.75. The molecule has 5 nitrogen and oxygen atoms in total. The molecule has 3 rings (SSSR count). The zero-order valence-electron chi connectivity index (χ0n) is 15.0. The number of aromatic nitrogens is 2. The summed E-state index contributed by atoms with van der Waals surface area (Å²) in [5.41, 5.74) is 3.26. The number of aryl methyl sites for hydroxylation is 1. The lowest BCUT2D eigenvalue weighted by atomic mass is 9.92. The van der Waals surface area contributed by atoms with Gasteiger partial charge in [-0.3, -0.25) is 4.40 Å². The van der Waals surface area contributed by atoms with Crippen LogP contribution in [-0.4, -0.2) is 16.5 Å². The Balaban J connectivity index is 2.16. The van der Waals surface area contributed by atoms with Crippen molar-refractivity contribution in [3.8, 4) is 5.75 Å². The molecule has 2 aromatic heterocycles. The van der Waals surface area contributed by atoms with E-state index >= 15 is 0 Å². The molecular weight excluding hydrogens is 336 g/mol. The van der Waals surface area contributed by atoms with Crippen LogP contribution in [0.1, 0.15) is 32.0 Å². The van der Waals surface area contributed by atoms with Crippen LogP contribution in [0.4, 0.5) is 11.5 Å². The van der Waals surface area contributed by atoms with Crippen LogP contribution < -0.4 is 4.74 Å². The van der Waals surface area contributed by atoms with Crippen molar-refractivity contribution in [2.45, 2.75) is 33.1 Å². The van der Waals surface area contributed by atoms with Crippen molar-refractivity contribution >= 4 is 28.8 Å². The molecule has 0 saturated heterocycles. The summed E-state index contributed by atoms with van der Waals surface area (Å²) in [6.45, 7) is 8.37. The number of azo groups is 1. The highest BCUT2D eigenvalue weighted by atomic mass is 35.5. The molecule has 0 aliphatic carbocycles. The first-order valence-corrected chi connectivity index (χ1v) is 8.42. The fraction of sp³-hybridized carbons (Fsp3) is 0.316. The highest BCUT2D eigenvalue weighted by Crippen LogP contribution is 2.35. The van der Waals surface area contributed by atoms with Crippen molar-refractivity contribution in [3.63, 3.8) is 0 Å². The molecule has 0 radical (unpaired) electrons. The average molecular weight is 357 g/mol. The molecule has 6 heteroatoms. The maximum Gasteiger partial charge on any atom is 0.183 e. The molecule has 1 aromatic carbocycles. The maximum atomic E-state index is 6.23. The van der Waals surface area contributed by atoms with E-state index in [0.717, 1.165) is 16.9 Å². The highest BCUT2D eigenvalue weighted by molar-refractivity contribution is 6.33. The zero-order chi connectivity index (χ0) is 18.2. The van der Waals surface area contributed by atoms with Crippen LogP contribution in [0.5, 0.6) is 5.75 Å². The van der Waals surface area contributed by atoms with Crippen LogP contribution in [0.25, 0.3) is 5.65 Å². The van der Waals surface area contributed by atoms with Crippen molar-refractivity contribution in [3.05, 3.63) is 52.8 Å². The van der Waals surface area contributed by atoms with Crippen LogP contribution >= 0.6 is 11.6 Å². The number of fused-ring (bicyclic) bond motifs is 1. The van der Waals surface area contributed by atoms with Crippen LogP contribution in [0.15, 0.2) is 46.8 Å². The minimum atomic E-state index is -0.160. The standard InChI is InChI=1S/C19H21ClN4O/c1-12-6-9-16-21-17(19(2,3)4)18(24(16)11-12)23-22-15-10-13(25-5)7-8-14(15)20/h6-11H,1-5H3. The number of benzene rings is 1. The van der Waals surface area contributed by atoms with Gasteiger partial charge in [0.1, 0.15) is 17.1 Å². The molecular formula is C19H21ClN4O. The monoisotopic (exact) mass is 356 g/mol. The molecule has 0 amide bonds. The van der Waals surface area contributed by atoms with E-state index in [1.54, 1.807) is 25.3 Å². The summed E-state index contributed by atoms with van der Waals surface area (Å²) in [6.07, 6.45) is 2.01. The number of ether oxygens (including phenoxy) is 1. The Labute approximate surface area is 152 Å². The van der Waals surface area contributed by atoms with Gasteiger partial charge in [0.25, 0.3) is 0 Å². The third-order valence-electron chi connectivity index (χ3n) is 3.86. The predicted molar refractivity (Wildman–Crippen MR) is 101 cm³/mol. The molecule has 0 unspecified atom stereocenters. The first-order valence-electron chi connectivity index (χ1n) is 8.04. The van der Waals surface area contributed by atoms with Crippen LogP contribution in [0.3, 0.4) is 0 Å². The number of pyridine rings is 1. The molecule has 130 valence electrons. The molecule has 0 spiro atoms. The van der Waals surface area contributed by atoms with E-state index in [0.29, 0.717) is 22.3 Å². The quantitative estimate of drug-likeness (QED) is 0.539. The van der Waals surface area contributed by atoms with Gasteiger partial charge in [0.05, 0.1) is 17.8 Å². The molecule has 0 atom stereocenters. The fourth-order valence-electron chi connectivity index (χ4n) is 2.53. The number of hydrogen-bond acceptors (Lipinski definition) is 4. The van der Waals surface area contributed by atoms with E-state index in [4.69, 9.17) is 21.3 Å². The molecule has 0 aliphatic rings. The van der Waals surface area contributed by atoms with Crippen molar-refractivity contribution in [1.29, 1.82) is 0 Å². The number of hydrogen-bond donors (Lipinski definition) is 0. The Hall–Kier alpha value is -2.40. The molecule has 0 saturated carbocycles. The van der Waals surface area contributed by atoms with Gasteiger partial charge in [0, 0.05) is 17.7 Å². The SMILES string of the molecule is COc1ccc(Cl)c(N=Nc2c(C(C)(C)C)nc3ccc(C)cn23)c1. The Morgan fingerprint density at radius 1 is 1.12 bits per heavy atom. The second kappa shape index (κ2) is 6.48. The lowest BCUT2D eigenvalue weighted by molar-refractivity contribution is 0.415. The summed E-state index contributed by atoms with van der Waals surface area (Å²) in [5, 5.41) is 9.38. The fourth-order valence-corrected chi connectivity index (χ4v) is 2.69. The highest BCUT2D eigenvalue weighted by Gasteiger charge is 2.24. The number of rotatable bonds is 3. The zero-order valence-corrected chi connectivity index (χ0v) is 15.8. The second-order valence-electron chi connectivity index (χ2n) is 6.99. The Morgan fingerprint density at radius 3 is 2.56 bits per heavy atom.